The predicted octanol–water partition coefficient (Wildman–Crippen LogP) is 4.46. The van der Waals surface area contributed by atoms with E-state index in [-0.39, 0.29) is 5.97 Å². The van der Waals surface area contributed by atoms with Crippen LogP contribution in [-0.2, 0) is 4.74 Å². The van der Waals surface area contributed by atoms with E-state index in [1.54, 1.807) is 24.3 Å². The first kappa shape index (κ1) is 19.2. The molecule has 0 saturated carbocycles. The van der Waals surface area contributed by atoms with Crippen LogP contribution < -0.4 is 15.4 Å². The van der Waals surface area contributed by atoms with Crippen molar-refractivity contribution in [3.63, 3.8) is 0 Å². The van der Waals surface area contributed by atoms with Crippen LogP contribution in [0.5, 0.6) is 5.75 Å². The third-order valence-electron chi connectivity index (χ3n) is 3.87. The predicted molar refractivity (Wildman–Crippen MR) is 109 cm³/mol. The number of anilines is 4. The molecule has 0 atom stereocenters. The van der Waals surface area contributed by atoms with Gasteiger partial charge >= 0.3 is 5.97 Å². The van der Waals surface area contributed by atoms with Gasteiger partial charge in [-0.3, -0.25) is 0 Å². The fraction of sp³-hybridized carbons (Fsp3) is 0.190. The fourth-order valence-electron chi connectivity index (χ4n) is 2.61. The van der Waals surface area contributed by atoms with Crippen molar-refractivity contribution in [2.45, 2.75) is 13.8 Å². The summed E-state index contributed by atoms with van der Waals surface area (Å²) in [6, 6.07) is 16.5. The minimum atomic E-state index is -0.377. The molecule has 3 aromatic rings. The molecular weight excluding hydrogens is 356 g/mol. The van der Waals surface area contributed by atoms with Crippen LogP contribution in [0.4, 0.5) is 23.1 Å². The fourth-order valence-corrected chi connectivity index (χ4v) is 2.61. The Morgan fingerprint density at radius 2 is 1.79 bits per heavy atom. The number of methoxy groups -OCH3 is 1. The monoisotopic (exact) mass is 378 g/mol. The van der Waals surface area contributed by atoms with Gasteiger partial charge in [-0.1, -0.05) is 12.1 Å². The molecule has 0 aliphatic carbocycles. The number of rotatable bonds is 7. The van der Waals surface area contributed by atoms with E-state index >= 15 is 0 Å². The highest BCUT2D eigenvalue weighted by molar-refractivity contribution is 5.89. The second kappa shape index (κ2) is 8.85. The van der Waals surface area contributed by atoms with Crippen molar-refractivity contribution in [2.24, 2.45) is 0 Å². The number of aryl methyl sites for hydroxylation is 1. The summed E-state index contributed by atoms with van der Waals surface area (Å²) in [7, 11) is 1.35. The first-order chi connectivity index (χ1) is 13.6. The van der Waals surface area contributed by atoms with Crippen LogP contribution in [0.2, 0.25) is 0 Å². The number of aromatic nitrogens is 2. The molecule has 7 nitrogen and oxygen atoms in total. The molecule has 0 amide bonds. The summed E-state index contributed by atoms with van der Waals surface area (Å²) in [5.41, 5.74) is 2.88. The van der Waals surface area contributed by atoms with Crippen molar-refractivity contribution in [3.05, 3.63) is 65.9 Å². The Bertz CT molecular complexity index is 958. The molecule has 0 saturated heterocycles. The van der Waals surface area contributed by atoms with Crippen LogP contribution in [0.25, 0.3) is 0 Å². The van der Waals surface area contributed by atoms with Crippen LogP contribution in [0, 0.1) is 6.92 Å². The summed E-state index contributed by atoms with van der Waals surface area (Å²) in [6.07, 6.45) is 0. The van der Waals surface area contributed by atoms with Gasteiger partial charge in [0.05, 0.1) is 25.0 Å². The van der Waals surface area contributed by atoms with Crippen LogP contribution in [0.3, 0.4) is 0 Å². The van der Waals surface area contributed by atoms with Crippen molar-refractivity contribution in [1.82, 2.24) is 9.97 Å². The second-order valence-corrected chi connectivity index (χ2v) is 5.97. The molecule has 144 valence electrons. The molecule has 0 aliphatic rings. The van der Waals surface area contributed by atoms with Gasteiger partial charge in [-0.05, 0) is 50.2 Å². The summed E-state index contributed by atoms with van der Waals surface area (Å²) < 4.78 is 10.4. The number of benzene rings is 2. The van der Waals surface area contributed by atoms with E-state index in [9.17, 15) is 4.79 Å². The van der Waals surface area contributed by atoms with E-state index < -0.39 is 0 Å². The number of carbonyl (C=O) groups excluding carboxylic acids is 1. The Labute approximate surface area is 163 Å². The molecule has 1 heterocycles. The maximum atomic E-state index is 11.5. The quantitative estimate of drug-likeness (QED) is 0.587. The van der Waals surface area contributed by atoms with Gasteiger partial charge in [0.25, 0.3) is 0 Å². The number of hydrogen-bond acceptors (Lipinski definition) is 7. The number of nitrogens with one attached hydrogen (secondary N) is 2. The lowest BCUT2D eigenvalue weighted by atomic mass is 10.2. The summed E-state index contributed by atoms with van der Waals surface area (Å²) in [5, 5.41) is 6.43. The Balaban J connectivity index is 1.79. The highest BCUT2D eigenvalue weighted by Gasteiger charge is 2.08. The number of carbonyl (C=O) groups is 1. The van der Waals surface area contributed by atoms with Gasteiger partial charge in [0.15, 0.2) is 0 Å². The number of esters is 1. The number of nitrogens with zero attached hydrogens (tertiary/aromatic N) is 2. The average molecular weight is 378 g/mol. The first-order valence-corrected chi connectivity index (χ1v) is 8.89. The SMILES string of the molecule is CCOc1ccccc1Nc1cc(C)nc(Nc2ccc(C(=O)OC)cc2)n1. The van der Waals surface area contributed by atoms with Gasteiger partial charge < -0.3 is 20.1 Å². The maximum Gasteiger partial charge on any atom is 0.337 e. The zero-order valence-corrected chi connectivity index (χ0v) is 16.0. The molecule has 2 aromatic carbocycles. The minimum absolute atomic E-state index is 0.377. The minimum Gasteiger partial charge on any atom is -0.492 e. The molecule has 0 unspecified atom stereocenters. The molecule has 0 radical (unpaired) electrons. The largest absolute Gasteiger partial charge is 0.492 e. The van der Waals surface area contributed by atoms with Gasteiger partial charge in [-0.15, -0.1) is 0 Å². The Hall–Kier alpha value is -3.61. The van der Waals surface area contributed by atoms with Crippen LogP contribution in [0.1, 0.15) is 23.0 Å². The molecular formula is C21H22N4O3. The molecule has 0 spiro atoms. The van der Waals surface area contributed by atoms with Crippen molar-refractivity contribution < 1.29 is 14.3 Å². The van der Waals surface area contributed by atoms with Crippen molar-refractivity contribution in [2.75, 3.05) is 24.4 Å². The molecule has 7 heteroatoms. The molecule has 2 N–H and O–H groups in total. The number of ether oxygens (including phenoxy) is 2. The Morgan fingerprint density at radius 1 is 1.04 bits per heavy atom. The third kappa shape index (κ3) is 4.76. The molecule has 1 aromatic heterocycles. The van der Waals surface area contributed by atoms with Crippen molar-refractivity contribution >= 4 is 29.1 Å². The second-order valence-electron chi connectivity index (χ2n) is 5.97. The molecule has 0 aliphatic heterocycles. The summed E-state index contributed by atoms with van der Waals surface area (Å²) in [5.74, 6) is 1.47. The lowest BCUT2D eigenvalue weighted by Gasteiger charge is -2.13. The highest BCUT2D eigenvalue weighted by atomic mass is 16.5. The Morgan fingerprint density at radius 3 is 2.50 bits per heavy atom. The average Bonchev–Trinajstić information content (AvgIpc) is 2.69. The molecule has 28 heavy (non-hydrogen) atoms. The molecule has 3 rings (SSSR count). The van der Waals surface area contributed by atoms with E-state index in [4.69, 9.17) is 9.47 Å². The highest BCUT2D eigenvalue weighted by Crippen LogP contribution is 2.27. The number of hydrogen-bond donors (Lipinski definition) is 2. The zero-order chi connectivity index (χ0) is 19.9. The smallest absolute Gasteiger partial charge is 0.337 e. The molecule has 0 fully saturated rings. The number of para-hydroxylation sites is 2. The summed E-state index contributed by atoms with van der Waals surface area (Å²) in [4.78, 5) is 20.5. The lowest BCUT2D eigenvalue weighted by Crippen LogP contribution is -2.04. The van der Waals surface area contributed by atoms with Crippen LogP contribution >= 0.6 is 0 Å². The normalized spacial score (nSPS) is 10.2. The Kier molecular flexibility index (Phi) is 6.06. The van der Waals surface area contributed by atoms with Gasteiger partial charge in [-0.25, -0.2) is 9.78 Å². The molecule has 0 bridgehead atoms. The summed E-state index contributed by atoms with van der Waals surface area (Å²) in [6.45, 7) is 4.42. The van der Waals surface area contributed by atoms with Crippen molar-refractivity contribution in [3.8, 4) is 5.75 Å². The van der Waals surface area contributed by atoms with Crippen LogP contribution in [-0.4, -0.2) is 29.7 Å². The van der Waals surface area contributed by atoms with E-state index in [1.165, 1.54) is 7.11 Å². The van der Waals surface area contributed by atoms with Crippen LogP contribution in [0.15, 0.2) is 54.6 Å². The van der Waals surface area contributed by atoms with E-state index in [2.05, 4.69) is 20.6 Å². The van der Waals surface area contributed by atoms with E-state index in [1.807, 2.05) is 44.2 Å². The van der Waals surface area contributed by atoms with E-state index in [0.717, 1.165) is 22.8 Å². The maximum absolute atomic E-state index is 11.5. The van der Waals surface area contributed by atoms with Gasteiger partial charge in [-0.2, -0.15) is 4.98 Å². The standard InChI is InChI=1S/C21H22N4O3/c1-4-28-18-8-6-5-7-17(18)24-19-13-14(2)22-21(25-19)23-16-11-9-15(10-12-16)20(26)27-3/h5-13H,4H2,1-3H3,(H2,22,23,24,25). The van der Waals surface area contributed by atoms with Gasteiger partial charge in [0.2, 0.25) is 5.95 Å². The van der Waals surface area contributed by atoms with Gasteiger partial charge in [0.1, 0.15) is 11.6 Å². The lowest BCUT2D eigenvalue weighted by molar-refractivity contribution is 0.0601. The third-order valence-corrected chi connectivity index (χ3v) is 3.87. The van der Waals surface area contributed by atoms with Gasteiger partial charge in [0, 0.05) is 17.4 Å². The topological polar surface area (TPSA) is 85.4 Å². The van der Waals surface area contributed by atoms with E-state index in [0.29, 0.717) is 23.9 Å². The summed E-state index contributed by atoms with van der Waals surface area (Å²) >= 11 is 0. The zero-order valence-electron chi connectivity index (χ0n) is 16.0. The first-order valence-electron chi connectivity index (χ1n) is 8.89. The van der Waals surface area contributed by atoms with Crippen molar-refractivity contribution in [1.29, 1.82) is 0 Å².